The fourth-order valence-electron chi connectivity index (χ4n) is 0.784. The number of allylic oxidation sites excluding steroid dienone is 2. The summed E-state index contributed by atoms with van der Waals surface area (Å²) in [5, 5.41) is 0. The minimum atomic E-state index is 0.736. The summed E-state index contributed by atoms with van der Waals surface area (Å²) in [5.74, 6) is 0. The largest absolute Gasteiger partial charge is 0.318 e. The van der Waals surface area contributed by atoms with Crippen molar-refractivity contribution in [1.82, 2.24) is 4.90 Å². The van der Waals surface area contributed by atoms with Crippen LogP contribution in [0.1, 0.15) is 6.92 Å². The van der Waals surface area contributed by atoms with E-state index in [1.54, 1.807) is 11.1 Å². The van der Waals surface area contributed by atoms with Gasteiger partial charge in [0.15, 0.2) is 0 Å². The Morgan fingerprint density at radius 2 is 2.56 bits per heavy atom. The van der Waals surface area contributed by atoms with Crippen LogP contribution in [0.15, 0.2) is 23.9 Å². The van der Waals surface area contributed by atoms with Crippen LogP contribution in [0.25, 0.3) is 0 Å². The average molecular weight is 123 g/mol. The number of amides is 1. The summed E-state index contributed by atoms with van der Waals surface area (Å²) >= 11 is 0. The first-order valence-corrected chi connectivity index (χ1v) is 2.88. The van der Waals surface area contributed by atoms with Gasteiger partial charge in [-0.25, -0.2) is 0 Å². The lowest BCUT2D eigenvalue weighted by Crippen LogP contribution is -2.18. The third-order valence-corrected chi connectivity index (χ3v) is 1.23. The van der Waals surface area contributed by atoms with Crippen LogP contribution in [0.5, 0.6) is 0 Å². The van der Waals surface area contributed by atoms with Crippen LogP contribution in [-0.2, 0) is 4.79 Å². The van der Waals surface area contributed by atoms with Gasteiger partial charge in [0.2, 0.25) is 6.41 Å². The van der Waals surface area contributed by atoms with Gasteiger partial charge in [0.1, 0.15) is 0 Å². The standard InChI is InChI=1S/C7H9NO/c1-7-3-2-4-8(5-7)6-9/h2-4,6H,5H2,1H3. The quantitative estimate of drug-likeness (QED) is 0.475. The lowest BCUT2D eigenvalue weighted by atomic mass is 10.2. The Morgan fingerprint density at radius 1 is 1.78 bits per heavy atom. The summed E-state index contributed by atoms with van der Waals surface area (Å²) in [6, 6.07) is 0. The summed E-state index contributed by atoms with van der Waals surface area (Å²) in [6.07, 6.45) is 6.46. The van der Waals surface area contributed by atoms with Crippen LogP contribution >= 0.6 is 0 Å². The monoisotopic (exact) mass is 123 g/mol. The first kappa shape index (κ1) is 6.08. The summed E-state index contributed by atoms with van der Waals surface area (Å²) in [6.45, 7) is 2.74. The fourth-order valence-corrected chi connectivity index (χ4v) is 0.784. The maximum atomic E-state index is 10.2. The molecule has 0 aromatic rings. The smallest absolute Gasteiger partial charge is 0.213 e. The summed E-state index contributed by atoms with van der Waals surface area (Å²) in [5.41, 5.74) is 1.21. The Morgan fingerprint density at radius 3 is 3.00 bits per heavy atom. The normalized spacial score (nSPS) is 17.4. The van der Waals surface area contributed by atoms with E-state index in [2.05, 4.69) is 0 Å². The number of carbonyl (C=O) groups is 1. The molecule has 2 nitrogen and oxygen atoms in total. The highest BCUT2D eigenvalue weighted by atomic mass is 16.1. The van der Waals surface area contributed by atoms with Crippen LogP contribution in [-0.4, -0.2) is 17.9 Å². The number of hydrogen-bond acceptors (Lipinski definition) is 1. The molecule has 1 aliphatic heterocycles. The van der Waals surface area contributed by atoms with Crippen molar-refractivity contribution >= 4 is 6.41 Å². The molecular formula is C7H9NO. The molecule has 0 saturated carbocycles. The molecule has 0 fully saturated rings. The van der Waals surface area contributed by atoms with Crippen molar-refractivity contribution in [3.63, 3.8) is 0 Å². The second-order valence-corrected chi connectivity index (χ2v) is 2.13. The van der Waals surface area contributed by atoms with Gasteiger partial charge in [-0.2, -0.15) is 0 Å². The van der Waals surface area contributed by atoms with E-state index < -0.39 is 0 Å². The van der Waals surface area contributed by atoms with Crippen LogP contribution in [0.2, 0.25) is 0 Å². The van der Waals surface area contributed by atoms with Gasteiger partial charge < -0.3 is 4.90 Å². The van der Waals surface area contributed by atoms with E-state index in [0.717, 1.165) is 13.0 Å². The zero-order valence-corrected chi connectivity index (χ0v) is 5.37. The van der Waals surface area contributed by atoms with E-state index in [1.165, 1.54) is 5.57 Å². The number of rotatable bonds is 1. The Balaban J connectivity index is 2.61. The summed E-state index contributed by atoms with van der Waals surface area (Å²) in [7, 11) is 0. The van der Waals surface area contributed by atoms with Gasteiger partial charge in [0.25, 0.3) is 0 Å². The topological polar surface area (TPSA) is 20.3 Å². The molecule has 0 aromatic carbocycles. The first-order chi connectivity index (χ1) is 4.33. The molecule has 9 heavy (non-hydrogen) atoms. The number of carbonyl (C=O) groups excluding carboxylic acids is 1. The van der Waals surface area contributed by atoms with E-state index in [1.807, 2.05) is 19.1 Å². The summed E-state index contributed by atoms with van der Waals surface area (Å²) < 4.78 is 0. The van der Waals surface area contributed by atoms with Crippen LogP contribution in [0.4, 0.5) is 0 Å². The minimum absolute atomic E-state index is 0.736. The van der Waals surface area contributed by atoms with Crippen LogP contribution in [0.3, 0.4) is 0 Å². The maximum absolute atomic E-state index is 10.2. The molecule has 0 atom stereocenters. The SMILES string of the molecule is CC1=CC=CN(C=O)C1. The molecule has 1 amide bonds. The number of nitrogens with zero attached hydrogens (tertiary/aromatic N) is 1. The molecule has 1 rings (SSSR count). The zero-order valence-electron chi connectivity index (χ0n) is 5.37. The predicted molar refractivity (Wildman–Crippen MR) is 35.7 cm³/mol. The lowest BCUT2D eigenvalue weighted by Gasteiger charge is -2.14. The molecule has 48 valence electrons. The number of hydrogen-bond donors (Lipinski definition) is 0. The molecule has 1 heterocycles. The van der Waals surface area contributed by atoms with Gasteiger partial charge in [-0.3, -0.25) is 4.79 Å². The zero-order chi connectivity index (χ0) is 6.69. The van der Waals surface area contributed by atoms with E-state index >= 15 is 0 Å². The molecule has 0 bridgehead atoms. The van der Waals surface area contributed by atoms with Crippen LogP contribution < -0.4 is 0 Å². The highest BCUT2D eigenvalue weighted by Gasteiger charge is 1.99. The minimum Gasteiger partial charge on any atom is -0.318 e. The second kappa shape index (κ2) is 2.49. The lowest BCUT2D eigenvalue weighted by molar-refractivity contribution is -0.115. The van der Waals surface area contributed by atoms with Crippen molar-refractivity contribution < 1.29 is 4.79 Å². The Hall–Kier alpha value is -1.05. The van der Waals surface area contributed by atoms with Crippen LogP contribution in [0, 0.1) is 0 Å². The molecule has 0 aromatic heterocycles. The Labute approximate surface area is 54.5 Å². The molecule has 1 aliphatic rings. The van der Waals surface area contributed by atoms with Gasteiger partial charge in [-0.05, 0) is 13.0 Å². The fraction of sp³-hybridized carbons (Fsp3) is 0.286. The van der Waals surface area contributed by atoms with Crippen molar-refractivity contribution in [2.45, 2.75) is 6.92 Å². The molecule has 0 N–H and O–H groups in total. The second-order valence-electron chi connectivity index (χ2n) is 2.13. The first-order valence-electron chi connectivity index (χ1n) is 2.88. The van der Waals surface area contributed by atoms with E-state index in [9.17, 15) is 4.79 Å². The highest BCUT2D eigenvalue weighted by Crippen LogP contribution is 2.02. The van der Waals surface area contributed by atoms with Crippen molar-refractivity contribution in [2.24, 2.45) is 0 Å². The third kappa shape index (κ3) is 1.42. The van der Waals surface area contributed by atoms with Gasteiger partial charge in [0, 0.05) is 12.7 Å². The molecule has 0 unspecified atom stereocenters. The molecule has 0 saturated heterocycles. The molecular weight excluding hydrogens is 114 g/mol. The molecule has 0 radical (unpaired) electrons. The van der Waals surface area contributed by atoms with Crippen molar-refractivity contribution in [3.05, 3.63) is 23.9 Å². The van der Waals surface area contributed by atoms with Crippen molar-refractivity contribution in [2.75, 3.05) is 6.54 Å². The van der Waals surface area contributed by atoms with Gasteiger partial charge >= 0.3 is 0 Å². The molecule has 2 heteroatoms. The predicted octanol–water partition coefficient (Wildman–Crippen LogP) is 0.918. The van der Waals surface area contributed by atoms with Gasteiger partial charge in [-0.1, -0.05) is 11.6 Å². The highest BCUT2D eigenvalue weighted by molar-refractivity contribution is 5.51. The average Bonchev–Trinajstić information content (AvgIpc) is 1.88. The van der Waals surface area contributed by atoms with Gasteiger partial charge in [0.05, 0.1) is 0 Å². The summed E-state index contributed by atoms with van der Waals surface area (Å²) in [4.78, 5) is 11.8. The Kier molecular flexibility index (Phi) is 1.68. The Bertz CT molecular complexity index is 170. The third-order valence-electron chi connectivity index (χ3n) is 1.23. The molecule has 0 aliphatic carbocycles. The van der Waals surface area contributed by atoms with Crippen molar-refractivity contribution in [3.8, 4) is 0 Å². The molecule has 0 spiro atoms. The van der Waals surface area contributed by atoms with E-state index in [-0.39, 0.29) is 0 Å². The van der Waals surface area contributed by atoms with Crippen molar-refractivity contribution in [1.29, 1.82) is 0 Å². The van der Waals surface area contributed by atoms with E-state index in [4.69, 9.17) is 0 Å². The van der Waals surface area contributed by atoms with E-state index in [0.29, 0.717) is 0 Å². The van der Waals surface area contributed by atoms with Gasteiger partial charge in [-0.15, -0.1) is 0 Å². The maximum Gasteiger partial charge on any atom is 0.213 e.